The minimum atomic E-state index is -0.234. The lowest BCUT2D eigenvalue weighted by Crippen LogP contribution is -2.13. The van der Waals surface area contributed by atoms with Gasteiger partial charge in [-0.1, -0.05) is 15.9 Å². The minimum absolute atomic E-state index is 0.234. The maximum Gasteiger partial charge on any atom is 0.274 e. The van der Waals surface area contributed by atoms with Crippen molar-refractivity contribution in [3.63, 3.8) is 0 Å². The molecule has 0 saturated heterocycles. The number of hydrogen-bond acceptors (Lipinski definition) is 4. The van der Waals surface area contributed by atoms with E-state index in [-0.39, 0.29) is 5.91 Å². The third-order valence-corrected chi connectivity index (χ3v) is 4.55. The van der Waals surface area contributed by atoms with Gasteiger partial charge in [0.25, 0.3) is 5.91 Å². The molecule has 0 aliphatic carbocycles. The Bertz CT molecular complexity index is 866. The first kappa shape index (κ1) is 17.1. The van der Waals surface area contributed by atoms with Crippen molar-refractivity contribution in [2.75, 3.05) is 10.6 Å². The Morgan fingerprint density at radius 2 is 1.84 bits per heavy atom. The van der Waals surface area contributed by atoms with Crippen molar-refractivity contribution in [3.05, 3.63) is 82.3 Å². The van der Waals surface area contributed by atoms with Gasteiger partial charge in [-0.15, -0.1) is 0 Å². The molecule has 0 bridgehead atoms. The number of benzene rings is 1. The van der Waals surface area contributed by atoms with Gasteiger partial charge in [0, 0.05) is 29.1 Å². The molecule has 3 aromatic rings. The van der Waals surface area contributed by atoms with Crippen LogP contribution in [0.25, 0.3) is 0 Å². The maximum atomic E-state index is 12.3. The first-order valence-corrected chi connectivity index (χ1v) is 8.57. The Hall–Kier alpha value is -2.73. The number of carbonyl (C=O) groups is 1. The molecule has 0 fully saturated rings. The number of halogens is 1. The van der Waals surface area contributed by atoms with Crippen LogP contribution in [0.15, 0.2) is 65.5 Å². The van der Waals surface area contributed by atoms with Gasteiger partial charge < -0.3 is 10.6 Å². The van der Waals surface area contributed by atoms with Crippen molar-refractivity contribution in [3.8, 4) is 0 Å². The molecule has 3 rings (SSSR count). The fourth-order valence-electron chi connectivity index (χ4n) is 2.26. The van der Waals surface area contributed by atoms with E-state index in [2.05, 4.69) is 36.5 Å². The molecule has 1 amide bonds. The molecule has 5 nitrogen and oxygen atoms in total. The first-order valence-electron chi connectivity index (χ1n) is 7.78. The molecule has 0 unspecified atom stereocenters. The number of nitrogens with zero attached hydrogens (tertiary/aromatic N) is 2. The van der Waals surface area contributed by atoms with E-state index in [1.54, 1.807) is 24.7 Å². The van der Waals surface area contributed by atoms with E-state index in [0.717, 1.165) is 27.0 Å². The van der Waals surface area contributed by atoms with Gasteiger partial charge in [0.15, 0.2) is 0 Å². The standard InChI is InChI=1S/C19H17BrN4O/c1-13-10-15(2-4-17(13)20)24-19(25)18-5-3-16(12-23-18)22-11-14-6-8-21-9-7-14/h2-10,12,22H,11H2,1H3,(H,24,25). The van der Waals surface area contributed by atoms with E-state index in [9.17, 15) is 4.79 Å². The highest BCUT2D eigenvalue weighted by Crippen LogP contribution is 2.20. The molecule has 126 valence electrons. The zero-order chi connectivity index (χ0) is 17.6. The van der Waals surface area contributed by atoms with Crippen molar-refractivity contribution in [1.29, 1.82) is 0 Å². The number of rotatable bonds is 5. The van der Waals surface area contributed by atoms with E-state index >= 15 is 0 Å². The summed E-state index contributed by atoms with van der Waals surface area (Å²) in [5.74, 6) is -0.234. The number of aromatic nitrogens is 2. The molecular weight excluding hydrogens is 380 g/mol. The summed E-state index contributed by atoms with van der Waals surface area (Å²) in [4.78, 5) is 20.5. The second-order valence-corrected chi connectivity index (χ2v) is 6.41. The van der Waals surface area contributed by atoms with Crippen molar-refractivity contribution in [2.24, 2.45) is 0 Å². The maximum absolute atomic E-state index is 12.3. The number of amides is 1. The highest BCUT2D eigenvalue weighted by Gasteiger charge is 2.08. The summed E-state index contributed by atoms with van der Waals surface area (Å²) in [6.45, 7) is 2.65. The summed E-state index contributed by atoms with van der Waals surface area (Å²) < 4.78 is 1.01. The van der Waals surface area contributed by atoms with Gasteiger partial charge in [-0.2, -0.15) is 0 Å². The van der Waals surface area contributed by atoms with Gasteiger partial charge in [0.2, 0.25) is 0 Å². The Morgan fingerprint density at radius 3 is 2.52 bits per heavy atom. The van der Waals surface area contributed by atoms with Crippen LogP contribution in [0.1, 0.15) is 21.6 Å². The number of nitrogens with one attached hydrogen (secondary N) is 2. The predicted molar refractivity (Wildman–Crippen MR) is 103 cm³/mol. The Labute approximate surface area is 154 Å². The number of aryl methyl sites for hydroxylation is 1. The zero-order valence-corrected chi connectivity index (χ0v) is 15.2. The molecule has 25 heavy (non-hydrogen) atoms. The van der Waals surface area contributed by atoms with Crippen LogP contribution in [-0.4, -0.2) is 15.9 Å². The minimum Gasteiger partial charge on any atom is -0.380 e. The SMILES string of the molecule is Cc1cc(NC(=O)c2ccc(NCc3ccncc3)cn2)ccc1Br. The van der Waals surface area contributed by atoms with Crippen molar-refractivity contribution >= 4 is 33.2 Å². The molecule has 0 aliphatic heterocycles. The molecule has 2 N–H and O–H groups in total. The topological polar surface area (TPSA) is 66.9 Å². The second-order valence-electron chi connectivity index (χ2n) is 5.56. The van der Waals surface area contributed by atoms with Crippen LogP contribution in [0.2, 0.25) is 0 Å². The number of hydrogen-bond donors (Lipinski definition) is 2. The van der Waals surface area contributed by atoms with Gasteiger partial charge in [-0.25, -0.2) is 4.98 Å². The molecule has 0 aliphatic rings. The summed E-state index contributed by atoms with van der Waals surface area (Å²) in [6, 6.07) is 13.1. The van der Waals surface area contributed by atoms with Crippen LogP contribution < -0.4 is 10.6 Å². The Kier molecular flexibility index (Phi) is 5.40. The lowest BCUT2D eigenvalue weighted by atomic mass is 10.2. The van der Waals surface area contributed by atoms with E-state index < -0.39 is 0 Å². The molecule has 0 atom stereocenters. The number of anilines is 2. The van der Waals surface area contributed by atoms with Crippen LogP contribution in [0.5, 0.6) is 0 Å². The quantitative estimate of drug-likeness (QED) is 0.669. The van der Waals surface area contributed by atoms with E-state index in [1.807, 2.05) is 43.3 Å². The molecule has 0 saturated carbocycles. The molecule has 1 aromatic carbocycles. The van der Waals surface area contributed by atoms with Crippen LogP contribution in [0.3, 0.4) is 0 Å². The Morgan fingerprint density at radius 1 is 1.08 bits per heavy atom. The van der Waals surface area contributed by atoms with Gasteiger partial charge in [0.05, 0.1) is 11.9 Å². The largest absolute Gasteiger partial charge is 0.380 e. The average molecular weight is 397 g/mol. The van der Waals surface area contributed by atoms with E-state index in [4.69, 9.17) is 0 Å². The monoisotopic (exact) mass is 396 g/mol. The molecule has 6 heteroatoms. The lowest BCUT2D eigenvalue weighted by Gasteiger charge is -2.08. The van der Waals surface area contributed by atoms with Crippen molar-refractivity contribution < 1.29 is 4.79 Å². The van der Waals surface area contributed by atoms with Gasteiger partial charge in [-0.05, 0) is 60.5 Å². The van der Waals surface area contributed by atoms with Crippen molar-refractivity contribution in [2.45, 2.75) is 13.5 Å². The summed E-state index contributed by atoms with van der Waals surface area (Å²) >= 11 is 3.44. The summed E-state index contributed by atoms with van der Waals surface area (Å²) in [7, 11) is 0. The smallest absolute Gasteiger partial charge is 0.274 e. The van der Waals surface area contributed by atoms with Crippen LogP contribution in [0, 0.1) is 6.92 Å². The fraction of sp³-hybridized carbons (Fsp3) is 0.105. The van der Waals surface area contributed by atoms with E-state index in [0.29, 0.717) is 12.2 Å². The summed E-state index contributed by atoms with van der Waals surface area (Å²) in [6.07, 6.45) is 5.17. The van der Waals surface area contributed by atoms with E-state index in [1.165, 1.54) is 0 Å². The molecule has 0 spiro atoms. The van der Waals surface area contributed by atoms with Crippen LogP contribution in [-0.2, 0) is 6.54 Å². The number of pyridine rings is 2. The lowest BCUT2D eigenvalue weighted by molar-refractivity contribution is 0.102. The molecule has 2 heterocycles. The van der Waals surface area contributed by atoms with Crippen LogP contribution in [0.4, 0.5) is 11.4 Å². The van der Waals surface area contributed by atoms with Gasteiger partial charge in [0.1, 0.15) is 5.69 Å². The first-order chi connectivity index (χ1) is 12.1. The summed E-state index contributed by atoms with van der Waals surface area (Å²) in [5, 5.41) is 6.12. The zero-order valence-electron chi connectivity index (χ0n) is 13.7. The fourth-order valence-corrected chi connectivity index (χ4v) is 2.50. The molecule has 0 radical (unpaired) electrons. The van der Waals surface area contributed by atoms with Gasteiger partial charge in [-0.3, -0.25) is 9.78 Å². The second kappa shape index (κ2) is 7.90. The molecular formula is C19H17BrN4O. The van der Waals surface area contributed by atoms with Crippen LogP contribution >= 0.6 is 15.9 Å². The third kappa shape index (κ3) is 4.64. The molecule has 2 aromatic heterocycles. The highest BCUT2D eigenvalue weighted by molar-refractivity contribution is 9.10. The normalized spacial score (nSPS) is 10.3. The van der Waals surface area contributed by atoms with Gasteiger partial charge >= 0.3 is 0 Å². The summed E-state index contributed by atoms with van der Waals surface area (Å²) in [5.41, 5.74) is 4.15. The predicted octanol–water partition coefficient (Wildman–Crippen LogP) is 4.41. The van der Waals surface area contributed by atoms with Crippen molar-refractivity contribution in [1.82, 2.24) is 9.97 Å². The highest BCUT2D eigenvalue weighted by atomic mass is 79.9. The Balaban J connectivity index is 1.61. The number of carbonyl (C=O) groups excluding carboxylic acids is 1. The third-order valence-electron chi connectivity index (χ3n) is 3.66. The average Bonchev–Trinajstić information content (AvgIpc) is 2.64.